The zero-order chi connectivity index (χ0) is 17.1. The largest absolute Gasteiger partial charge is 0.392 e. The molecule has 22 heavy (non-hydrogen) atoms. The molecule has 6 heteroatoms. The molecule has 0 aliphatic heterocycles. The van der Waals surface area contributed by atoms with Gasteiger partial charge in [-0.1, -0.05) is 60.7 Å². The Bertz CT molecular complexity index is 481. The molecule has 2 rings (SSSR count). The first-order valence-electron chi connectivity index (χ1n) is 6.07. The molecule has 0 aliphatic rings. The highest BCUT2D eigenvalue weighted by atomic mass is 16.3. The lowest BCUT2D eigenvalue weighted by Crippen LogP contribution is -1.77. The highest BCUT2D eigenvalue weighted by Gasteiger charge is 1.81. The molecular weight excluding hydrogens is 284 g/mol. The molecule has 0 saturated heterocycles. The number of nitrogens with one attached hydrogen (secondary N) is 2. The lowest BCUT2D eigenvalue weighted by atomic mass is 10.2. The van der Waals surface area contributed by atoms with Gasteiger partial charge in [-0.2, -0.15) is 0 Å². The Morgan fingerprint density at radius 3 is 1.05 bits per heavy atom. The smallest absolute Gasteiger partial charge is 0.231 e. The van der Waals surface area contributed by atoms with Gasteiger partial charge in [-0.3, -0.25) is 0 Å². The molecule has 0 fully saturated rings. The van der Waals surface area contributed by atoms with Crippen LogP contribution in [0.15, 0.2) is 60.7 Å². The zero-order valence-electron chi connectivity index (χ0n) is 11.9. The molecule has 0 radical (unpaired) electrons. The van der Waals surface area contributed by atoms with Crippen LogP contribution < -0.4 is 0 Å². The summed E-state index contributed by atoms with van der Waals surface area (Å²) in [6.07, 6.45) is 1.50. The number of aliphatic hydroxyl groups is 2. The Balaban J connectivity index is 0. The van der Waals surface area contributed by atoms with Crippen LogP contribution in [-0.4, -0.2) is 22.4 Å². The van der Waals surface area contributed by atoms with Gasteiger partial charge in [0.15, 0.2) is 0 Å². The Morgan fingerprint density at radius 1 is 0.682 bits per heavy atom. The quantitative estimate of drug-likeness (QED) is 0.501. The topological polar surface area (TPSA) is 122 Å². The molecule has 4 N–H and O–H groups in total. The first kappa shape index (κ1) is 21.4. The third kappa shape index (κ3) is 15.2. The first-order chi connectivity index (χ1) is 10.7. The lowest BCUT2D eigenvalue weighted by molar-refractivity contribution is 0.281. The Hall–Kier alpha value is -2.88. The highest BCUT2D eigenvalue weighted by Crippen LogP contribution is 1.96. The van der Waals surface area contributed by atoms with Crippen molar-refractivity contribution in [2.75, 3.05) is 0 Å². The minimum atomic E-state index is 0.140. The number of hydrogen-bond acceptors (Lipinski definition) is 6. The Labute approximate surface area is 128 Å². The van der Waals surface area contributed by atoms with Crippen molar-refractivity contribution in [3.8, 4) is 0 Å². The van der Waals surface area contributed by atoms with Crippen LogP contribution in [0.4, 0.5) is 0 Å². The second-order valence-electron chi connectivity index (χ2n) is 3.49. The molecule has 0 heterocycles. The number of hydrogen-bond donors (Lipinski definition) is 4. The maximum Gasteiger partial charge on any atom is 0.231 e. The number of isocyanates is 2. The van der Waals surface area contributed by atoms with Crippen LogP contribution in [0.3, 0.4) is 0 Å². The summed E-state index contributed by atoms with van der Waals surface area (Å²) in [6, 6.07) is 19.0. The van der Waals surface area contributed by atoms with Gasteiger partial charge in [-0.05, 0) is 11.1 Å². The van der Waals surface area contributed by atoms with Crippen LogP contribution >= 0.6 is 0 Å². The van der Waals surface area contributed by atoms with Gasteiger partial charge in [0.25, 0.3) is 0 Å². The van der Waals surface area contributed by atoms with E-state index in [-0.39, 0.29) is 13.2 Å². The summed E-state index contributed by atoms with van der Waals surface area (Å²) < 4.78 is 0. The summed E-state index contributed by atoms with van der Waals surface area (Å²) in [7, 11) is 0. The van der Waals surface area contributed by atoms with Crippen LogP contribution in [0.2, 0.25) is 0 Å². The van der Waals surface area contributed by atoms with Crippen molar-refractivity contribution in [3.63, 3.8) is 0 Å². The van der Waals surface area contributed by atoms with E-state index in [1.165, 1.54) is 0 Å². The molecule has 0 saturated carbocycles. The summed E-state index contributed by atoms with van der Waals surface area (Å²) in [6.45, 7) is 0.279. The van der Waals surface area contributed by atoms with Crippen LogP contribution in [0.5, 0.6) is 0 Å². The van der Waals surface area contributed by atoms with E-state index in [4.69, 9.17) is 30.6 Å². The molecule has 6 nitrogen and oxygen atoms in total. The number of benzene rings is 2. The maximum absolute atomic E-state index is 8.54. The molecular formula is C16H18N2O4. The molecule has 0 spiro atoms. The summed E-state index contributed by atoms with van der Waals surface area (Å²) in [4.78, 5) is 16.7. The SMILES string of the molecule is N=C=O.N=C=O.OCc1ccccc1.OCc1ccccc1. The molecule has 0 bridgehead atoms. The average Bonchev–Trinajstić information content (AvgIpc) is 2.58. The maximum atomic E-state index is 8.54. The van der Waals surface area contributed by atoms with Gasteiger partial charge in [-0.25, -0.2) is 20.4 Å². The second kappa shape index (κ2) is 18.1. The third-order valence-electron chi connectivity index (χ3n) is 2.05. The normalized spacial score (nSPS) is 7.36. The van der Waals surface area contributed by atoms with Crippen molar-refractivity contribution in [1.29, 1.82) is 10.8 Å². The number of carbonyl (C=O) groups excluding carboxylic acids is 2. The summed E-state index contributed by atoms with van der Waals surface area (Å²) in [5.41, 5.74) is 1.93. The zero-order valence-corrected chi connectivity index (χ0v) is 11.9. The minimum Gasteiger partial charge on any atom is -0.392 e. The van der Waals surface area contributed by atoms with E-state index in [0.717, 1.165) is 23.3 Å². The van der Waals surface area contributed by atoms with Gasteiger partial charge in [0.05, 0.1) is 13.2 Å². The molecule has 0 aliphatic carbocycles. The molecule has 2 aromatic rings. The van der Waals surface area contributed by atoms with Gasteiger partial charge >= 0.3 is 0 Å². The van der Waals surface area contributed by atoms with Crippen molar-refractivity contribution in [1.82, 2.24) is 0 Å². The standard InChI is InChI=1S/2C7H8O.2CHNO/c2*8-6-7-4-2-1-3-5-7;2*2-1-3/h2*1-5,8H,6H2;2*2H. The van der Waals surface area contributed by atoms with Gasteiger partial charge in [0.1, 0.15) is 0 Å². The van der Waals surface area contributed by atoms with Gasteiger partial charge in [-0.15, -0.1) is 0 Å². The number of rotatable bonds is 2. The van der Waals surface area contributed by atoms with Gasteiger partial charge in [0, 0.05) is 0 Å². The predicted octanol–water partition coefficient (Wildman–Crippen LogP) is 2.16. The summed E-state index contributed by atoms with van der Waals surface area (Å²) >= 11 is 0. The van der Waals surface area contributed by atoms with Crippen molar-refractivity contribution in [3.05, 3.63) is 71.8 Å². The van der Waals surface area contributed by atoms with Crippen molar-refractivity contribution in [2.24, 2.45) is 0 Å². The van der Waals surface area contributed by atoms with E-state index in [1.54, 1.807) is 0 Å². The van der Waals surface area contributed by atoms with Crippen molar-refractivity contribution in [2.45, 2.75) is 13.2 Å². The minimum absolute atomic E-state index is 0.140. The van der Waals surface area contributed by atoms with Crippen LogP contribution in [0.1, 0.15) is 11.1 Å². The van der Waals surface area contributed by atoms with Crippen molar-refractivity contribution >= 4 is 12.2 Å². The van der Waals surface area contributed by atoms with Crippen LogP contribution in [0.25, 0.3) is 0 Å². The predicted molar refractivity (Wildman–Crippen MR) is 81.6 cm³/mol. The van der Waals surface area contributed by atoms with Gasteiger partial charge in [0.2, 0.25) is 12.2 Å². The van der Waals surface area contributed by atoms with E-state index in [0.29, 0.717) is 0 Å². The fourth-order valence-electron chi connectivity index (χ4n) is 1.17. The van der Waals surface area contributed by atoms with Gasteiger partial charge < -0.3 is 10.2 Å². The van der Waals surface area contributed by atoms with Crippen molar-refractivity contribution < 1.29 is 19.8 Å². The average molecular weight is 302 g/mol. The number of aliphatic hydroxyl groups excluding tert-OH is 2. The van der Waals surface area contributed by atoms with E-state index in [9.17, 15) is 0 Å². The van der Waals surface area contributed by atoms with E-state index < -0.39 is 0 Å². The second-order valence-corrected chi connectivity index (χ2v) is 3.49. The molecule has 2 aromatic carbocycles. The van der Waals surface area contributed by atoms with E-state index >= 15 is 0 Å². The molecule has 0 atom stereocenters. The summed E-state index contributed by atoms with van der Waals surface area (Å²) in [5.74, 6) is 0. The molecule has 0 amide bonds. The van der Waals surface area contributed by atoms with Crippen LogP contribution in [-0.2, 0) is 22.8 Å². The van der Waals surface area contributed by atoms with E-state index in [1.807, 2.05) is 60.7 Å². The summed E-state index contributed by atoms with van der Waals surface area (Å²) in [5, 5.41) is 27.9. The van der Waals surface area contributed by atoms with E-state index in [2.05, 4.69) is 0 Å². The monoisotopic (exact) mass is 302 g/mol. The molecule has 0 aromatic heterocycles. The fraction of sp³-hybridized carbons (Fsp3) is 0.125. The molecule has 116 valence electrons. The molecule has 0 unspecified atom stereocenters. The Morgan fingerprint density at radius 2 is 0.909 bits per heavy atom. The fourth-order valence-corrected chi connectivity index (χ4v) is 1.17. The highest BCUT2D eigenvalue weighted by molar-refractivity contribution is 5.26. The van der Waals surface area contributed by atoms with Crippen LogP contribution in [0, 0.1) is 10.8 Å². The first-order valence-corrected chi connectivity index (χ1v) is 6.07. The lowest BCUT2D eigenvalue weighted by Gasteiger charge is -1.89. The Kier molecular flexibility index (Phi) is 17.6. The third-order valence-corrected chi connectivity index (χ3v) is 2.05.